The third-order valence-corrected chi connectivity index (χ3v) is 4.26. The highest BCUT2D eigenvalue weighted by atomic mass is 16.1. The van der Waals surface area contributed by atoms with E-state index < -0.39 is 0 Å². The van der Waals surface area contributed by atoms with E-state index in [9.17, 15) is 4.79 Å². The van der Waals surface area contributed by atoms with Crippen LogP contribution in [0, 0.1) is 5.92 Å². The van der Waals surface area contributed by atoms with Crippen molar-refractivity contribution in [1.29, 1.82) is 0 Å². The molecule has 2 aromatic rings. The van der Waals surface area contributed by atoms with Crippen molar-refractivity contribution < 1.29 is 4.79 Å². The molecule has 1 aliphatic carbocycles. The first-order chi connectivity index (χ1) is 10.7. The minimum absolute atomic E-state index is 0.0324. The molecule has 22 heavy (non-hydrogen) atoms. The van der Waals surface area contributed by atoms with Gasteiger partial charge in [-0.2, -0.15) is 0 Å². The molecule has 1 heterocycles. The number of nitrogens with two attached hydrogens (primary N) is 1. The first kappa shape index (κ1) is 14.7. The van der Waals surface area contributed by atoms with Gasteiger partial charge in [-0.15, -0.1) is 10.2 Å². The van der Waals surface area contributed by atoms with Gasteiger partial charge in [0.25, 0.3) is 0 Å². The van der Waals surface area contributed by atoms with Crippen LogP contribution < -0.4 is 11.1 Å². The Labute approximate surface area is 129 Å². The van der Waals surface area contributed by atoms with Gasteiger partial charge in [0.15, 0.2) is 5.82 Å². The number of amides is 1. The lowest BCUT2D eigenvalue weighted by atomic mass is 10.00. The van der Waals surface area contributed by atoms with Crippen LogP contribution >= 0.6 is 0 Å². The minimum Gasteiger partial charge on any atom is -0.349 e. The zero-order chi connectivity index (χ0) is 15.4. The van der Waals surface area contributed by atoms with Crippen LogP contribution in [0.3, 0.4) is 0 Å². The summed E-state index contributed by atoms with van der Waals surface area (Å²) >= 11 is 0. The van der Waals surface area contributed by atoms with Crippen LogP contribution in [-0.2, 0) is 11.3 Å². The van der Waals surface area contributed by atoms with Crippen molar-refractivity contribution >= 4 is 5.91 Å². The number of carbonyl (C=O) groups excluding carboxylic acids is 1. The Bertz CT molecular complexity index is 624. The molecule has 1 aromatic heterocycles. The van der Waals surface area contributed by atoms with E-state index in [1.807, 2.05) is 34.9 Å². The predicted molar refractivity (Wildman–Crippen MR) is 83.1 cm³/mol. The van der Waals surface area contributed by atoms with Crippen molar-refractivity contribution in [3.63, 3.8) is 0 Å². The van der Waals surface area contributed by atoms with Crippen molar-refractivity contribution in [2.45, 2.75) is 38.3 Å². The molecule has 1 fully saturated rings. The molecule has 6 heteroatoms. The normalized spacial score (nSPS) is 21.0. The van der Waals surface area contributed by atoms with Gasteiger partial charge < -0.3 is 11.1 Å². The third kappa shape index (κ3) is 3.33. The Morgan fingerprint density at radius 2 is 2.14 bits per heavy atom. The monoisotopic (exact) mass is 299 g/mol. The summed E-state index contributed by atoms with van der Waals surface area (Å²) in [6, 6.07) is 10.00. The summed E-state index contributed by atoms with van der Waals surface area (Å²) in [5.74, 6) is 1.06. The summed E-state index contributed by atoms with van der Waals surface area (Å²) in [6.45, 7) is 0.371. The minimum atomic E-state index is 0.0324. The van der Waals surface area contributed by atoms with Gasteiger partial charge in [0.1, 0.15) is 6.33 Å². The summed E-state index contributed by atoms with van der Waals surface area (Å²) in [4.78, 5) is 12.1. The van der Waals surface area contributed by atoms with Gasteiger partial charge in [-0.1, -0.05) is 24.6 Å². The Kier molecular flexibility index (Phi) is 4.48. The molecule has 1 aliphatic rings. The maximum absolute atomic E-state index is 12.1. The lowest BCUT2D eigenvalue weighted by molar-refractivity contribution is -0.122. The maximum Gasteiger partial charge on any atom is 0.220 e. The number of aromatic nitrogens is 3. The zero-order valence-electron chi connectivity index (χ0n) is 12.5. The maximum atomic E-state index is 12.1. The van der Waals surface area contributed by atoms with Gasteiger partial charge in [-0.05, 0) is 30.9 Å². The second-order valence-corrected chi connectivity index (χ2v) is 5.79. The van der Waals surface area contributed by atoms with Crippen LogP contribution in [0.2, 0.25) is 0 Å². The standard InChI is InChI=1S/C16H21N5O/c17-14-8-4-5-12(14)9-16(22)18-10-15-20-19-11-21(15)13-6-2-1-3-7-13/h1-3,6-7,11-12,14H,4-5,8-10,17H2,(H,18,22)/t12-,14+/m0/s1. The molecule has 0 bridgehead atoms. The Hall–Kier alpha value is -2.21. The van der Waals surface area contributed by atoms with Gasteiger partial charge in [-0.3, -0.25) is 9.36 Å². The van der Waals surface area contributed by atoms with E-state index in [4.69, 9.17) is 5.73 Å². The van der Waals surface area contributed by atoms with Crippen LogP contribution in [0.5, 0.6) is 0 Å². The van der Waals surface area contributed by atoms with Crippen LogP contribution in [0.4, 0.5) is 0 Å². The van der Waals surface area contributed by atoms with Gasteiger partial charge in [0.05, 0.1) is 6.54 Å². The summed E-state index contributed by atoms with van der Waals surface area (Å²) in [7, 11) is 0. The van der Waals surface area contributed by atoms with Gasteiger partial charge in [0, 0.05) is 18.2 Å². The molecule has 2 atom stereocenters. The molecule has 116 valence electrons. The quantitative estimate of drug-likeness (QED) is 0.874. The van der Waals surface area contributed by atoms with E-state index in [2.05, 4.69) is 15.5 Å². The van der Waals surface area contributed by atoms with Crippen LogP contribution in [0.1, 0.15) is 31.5 Å². The number of nitrogens with zero attached hydrogens (tertiary/aromatic N) is 3. The van der Waals surface area contributed by atoms with E-state index in [1.165, 1.54) is 0 Å². The fourth-order valence-electron chi connectivity index (χ4n) is 2.99. The number of para-hydroxylation sites is 1. The number of benzene rings is 1. The van der Waals surface area contributed by atoms with Crippen molar-refractivity contribution in [3.8, 4) is 5.69 Å². The molecule has 3 rings (SSSR count). The van der Waals surface area contributed by atoms with Crippen LogP contribution in [0.25, 0.3) is 5.69 Å². The van der Waals surface area contributed by atoms with E-state index in [0.717, 1.165) is 30.8 Å². The Morgan fingerprint density at radius 3 is 2.86 bits per heavy atom. The summed E-state index contributed by atoms with van der Waals surface area (Å²) in [5, 5.41) is 10.9. The lowest BCUT2D eigenvalue weighted by Crippen LogP contribution is -2.31. The molecule has 3 N–H and O–H groups in total. The number of nitrogens with one attached hydrogen (secondary N) is 1. The molecule has 1 aromatic carbocycles. The van der Waals surface area contributed by atoms with Crippen molar-refractivity contribution in [2.75, 3.05) is 0 Å². The van der Waals surface area contributed by atoms with Crippen LogP contribution in [0.15, 0.2) is 36.7 Å². The first-order valence-electron chi connectivity index (χ1n) is 7.70. The second kappa shape index (κ2) is 6.70. The predicted octanol–water partition coefficient (Wildman–Crippen LogP) is 1.40. The topological polar surface area (TPSA) is 85.8 Å². The molecule has 0 aliphatic heterocycles. The van der Waals surface area contributed by atoms with Crippen molar-refractivity contribution in [1.82, 2.24) is 20.1 Å². The number of rotatable bonds is 5. The number of hydrogen-bond acceptors (Lipinski definition) is 4. The molecule has 0 radical (unpaired) electrons. The van der Waals surface area contributed by atoms with Crippen LogP contribution in [-0.4, -0.2) is 26.7 Å². The fourth-order valence-corrected chi connectivity index (χ4v) is 2.99. The smallest absolute Gasteiger partial charge is 0.220 e. The number of carbonyl (C=O) groups is 1. The molecule has 1 amide bonds. The molecule has 0 unspecified atom stereocenters. The van der Waals surface area contributed by atoms with E-state index in [0.29, 0.717) is 18.9 Å². The van der Waals surface area contributed by atoms with Crippen molar-refractivity contribution in [3.05, 3.63) is 42.5 Å². The zero-order valence-corrected chi connectivity index (χ0v) is 12.5. The Morgan fingerprint density at radius 1 is 1.32 bits per heavy atom. The van der Waals surface area contributed by atoms with E-state index >= 15 is 0 Å². The third-order valence-electron chi connectivity index (χ3n) is 4.26. The molecule has 0 spiro atoms. The fraction of sp³-hybridized carbons (Fsp3) is 0.438. The average molecular weight is 299 g/mol. The molecule has 1 saturated carbocycles. The first-order valence-corrected chi connectivity index (χ1v) is 7.70. The Balaban J connectivity index is 1.58. The highest BCUT2D eigenvalue weighted by Crippen LogP contribution is 2.26. The summed E-state index contributed by atoms with van der Waals surface area (Å²) < 4.78 is 1.88. The van der Waals surface area contributed by atoms with E-state index in [-0.39, 0.29) is 11.9 Å². The molecular formula is C16H21N5O. The number of hydrogen-bond donors (Lipinski definition) is 2. The lowest BCUT2D eigenvalue weighted by Gasteiger charge is -2.14. The highest BCUT2D eigenvalue weighted by molar-refractivity contribution is 5.76. The SMILES string of the molecule is N[C@@H]1CCC[C@H]1CC(=O)NCc1nncn1-c1ccccc1. The van der Waals surface area contributed by atoms with Crippen molar-refractivity contribution in [2.24, 2.45) is 11.7 Å². The molecule has 6 nitrogen and oxygen atoms in total. The molecular weight excluding hydrogens is 278 g/mol. The van der Waals surface area contributed by atoms with Gasteiger partial charge >= 0.3 is 0 Å². The average Bonchev–Trinajstić information content (AvgIpc) is 3.16. The van der Waals surface area contributed by atoms with E-state index in [1.54, 1.807) is 6.33 Å². The van der Waals surface area contributed by atoms with Gasteiger partial charge in [0.2, 0.25) is 5.91 Å². The summed E-state index contributed by atoms with van der Waals surface area (Å²) in [6.07, 6.45) is 5.36. The largest absolute Gasteiger partial charge is 0.349 e. The second-order valence-electron chi connectivity index (χ2n) is 5.79. The summed E-state index contributed by atoms with van der Waals surface area (Å²) in [5.41, 5.74) is 6.99. The highest BCUT2D eigenvalue weighted by Gasteiger charge is 2.26. The van der Waals surface area contributed by atoms with Gasteiger partial charge in [-0.25, -0.2) is 0 Å². The molecule has 0 saturated heterocycles.